The Kier molecular flexibility index (Phi) is 14.3. The number of aliphatic hydroxyl groups is 1. The molecule has 0 saturated carbocycles. The molecule has 16 nitrogen and oxygen atoms in total. The number of nitrogens with one attached hydrogen (secondary N) is 3. The first kappa shape index (κ1) is 30.3. The summed E-state index contributed by atoms with van der Waals surface area (Å²) >= 11 is 0. The van der Waals surface area contributed by atoms with Crippen molar-refractivity contribution >= 4 is 35.6 Å². The van der Waals surface area contributed by atoms with Crippen molar-refractivity contribution in [2.45, 2.75) is 56.8 Å². The first-order valence-electron chi connectivity index (χ1n) is 10.5. The fraction of sp³-hybridized carbons (Fsp3) is 0.667. The lowest BCUT2D eigenvalue weighted by molar-refractivity contribution is -0.142. The fourth-order valence-corrected chi connectivity index (χ4v) is 2.57. The summed E-state index contributed by atoms with van der Waals surface area (Å²) in [5, 5.41) is 25.5. The number of nitrogens with two attached hydrogens (primary N) is 5. The first-order chi connectivity index (χ1) is 15.9. The molecule has 0 heterocycles. The summed E-state index contributed by atoms with van der Waals surface area (Å²) < 4.78 is 0. The van der Waals surface area contributed by atoms with Crippen molar-refractivity contribution in [2.24, 2.45) is 38.7 Å². The minimum atomic E-state index is -1.26. The van der Waals surface area contributed by atoms with Crippen molar-refractivity contribution in [3.05, 3.63) is 0 Å². The van der Waals surface area contributed by atoms with Crippen LogP contribution < -0.4 is 44.6 Å². The van der Waals surface area contributed by atoms with Gasteiger partial charge in [-0.15, -0.1) is 0 Å². The first-order valence-corrected chi connectivity index (χ1v) is 10.5. The third-order valence-corrected chi connectivity index (χ3v) is 4.42. The van der Waals surface area contributed by atoms with Gasteiger partial charge in [-0.3, -0.25) is 24.4 Å². The van der Waals surface area contributed by atoms with Gasteiger partial charge in [-0.2, -0.15) is 0 Å². The maximum absolute atomic E-state index is 12.7. The van der Waals surface area contributed by atoms with Crippen LogP contribution in [0, 0.1) is 0 Å². The highest BCUT2D eigenvalue weighted by Gasteiger charge is 2.28. The number of nitrogens with zero attached hydrogens (tertiary/aromatic N) is 2. The molecule has 0 aliphatic carbocycles. The van der Waals surface area contributed by atoms with Crippen molar-refractivity contribution in [3.8, 4) is 0 Å². The number of aliphatic hydroxyl groups excluding tert-OH is 1. The minimum Gasteiger partial charge on any atom is -0.480 e. The van der Waals surface area contributed by atoms with Gasteiger partial charge in [0.15, 0.2) is 11.9 Å². The fourth-order valence-electron chi connectivity index (χ4n) is 2.57. The topological polar surface area (TPSA) is 300 Å². The van der Waals surface area contributed by atoms with Crippen LogP contribution in [0.4, 0.5) is 0 Å². The molecule has 0 radical (unpaired) electrons. The Balaban J connectivity index is 5.06. The third-order valence-electron chi connectivity index (χ3n) is 4.42. The van der Waals surface area contributed by atoms with Gasteiger partial charge in [-0.05, 0) is 32.6 Å². The number of carboxylic acid groups (broad SMARTS) is 1. The van der Waals surface area contributed by atoms with E-state index in [1.54, 1.807) is 0 Å². The summed E-state index contributed by atoms with van der Waals surface area (Å²) in [5.41, 5.74) is 26.4. The molecule has 0 aliphatic heterocycles. The number of aliphatic carboxylic acids is 1. The van der Waals surface area contributed by atoms with Gasteiger partial charge < -0.3 is 54.8 Å². The van der Waals surface area contributed by atoms with Crippen LogP contribution >= 0.6 is 0 Å². The largest absolute Gasteiger partial charge is 0.480 e. The zero-order valence-corrected chi connectivity index (χ0v) is 19.1. The molecule has 34 heavy (non-hydrogen) atoms. The minimum absolute atomic E-state index is 0.0566. The maximum Gasteiger partial charge on any atom is 0.326 e. The molecule has 0 rings (SSSR count). The molecule has 0 aliphatic rings. The SMILES string of the molecule is CC(NC(=O)C(CCCN=C(N)N)NC(=O)C(N)CO)C(=O)NC(CCCN=C(N)N)C(=O)O. The number of guanidine groups is 2. The van der Waals surface area contributed by atoms with Crippen molar-refractivity contribution in [2.75, 3.05) is 19.7 Å². The van der Waals surface area contributed by atoms with E-state index in [1.165, 1.54) is 6.92 Å². The van der Waals surface area contributed by atoms with Crippen LogP contribution in [0.3, 0.4) is 0 Å². The Labute approximate surface area is 196 Å². The van der Waals surface area contributed by atoms with Crippen LogP contribution in [0.15, 0.2) is 9.98 Å². The lowest BCUT2D eigenvalue weighted by Gasteiger charge is -2.23. The second-order valence-electron chi connectivity index (χ2n) is 7.38. The number of rotatable bonds is 16. The lowest BCUT2D eigenvalue weighted by Crippen LogP contribution is -2.56. The highest BCUT2D eigenvalue weighted by atomic mass is 16.4. The number of hydrogen-bond donors (Lipinski definition) is 10. The maximum atomic E-state index is 12.7. The average molecular weight is 489 g/mol. The quantitative estimate of drug-likeness (QED) is 0.0556. The molecule has 16 heteroatoms. The van der Waals surface area contributed by atoms with E-state index < -0.39 is 54.5 Å². The van der Waals surface area contributed by atoms with Crippen LogP contribution in [0.1, 0.15) is 32.6 Å². The van der Waals surface area contributed by atoms with Gasteiger partial charge in [0.25, 0.3) is 0 Å². The van der Waals surface area contributed by atoms with Gasteiger partial charge in [0.2, 0.25) is 17.7 Å². The van der Waals surface area contributed by atoms with Crippen molar-refractivity contribution in [1.29, 1.82) is 0 Å². The van der Waals surface area contributed by atoms with Crippen LogP contribution in [0.2, 0.25) is 0 Å². The number of carbonyl (C=O) groups is 4. The smallest absolute Gasteiger partial charge is 0.326 e. The molecule has 0 spiro atoms. The molecule has 0 fully saturated rings. The summed E-state index contributed by atoms with van der Waals surface area (Å²) in [6.45, 7) is 1.09. The normalized spacial score (nSPS) is 14.0. The molecule has 3 amide bonds. The molecular weight excluding hydrogens is 452 g/mol. The summed E-state index contributed by atoms with van der Waals surface area (Å²) in [5.74, 6) is -3.77. The summed E-state index contributed by atoms with van der Waals surface area (Å²) in [6.07, 6.45) is 0.761. The Hall–Kier alpha value is -3.66. The Morgan fingerprint density at radius 2 is 1.26 bits per heavy atom. The standard InChI is InChI=1S/C18H36N10O6/c1-9(13(30)28-12(16(33)34)5-3-7-25-18(22)23)26-15(32)11(4-2-6-24-17(20)21)27-14(31)10(19)8-29/h9-12,29H,2-8,19H2,1H3,(H,26,32)(H,27,31)(H,28,30)(H,33,34)(H4,20,21,24)(H4,22,23,25). The number of carboxylic acids is 1. The van der Waals surface area contributed by atoms with Crippen molar-refractivity contribution in [1.82, 2.24) is 16.0 Å². The van der Waals surface area contributed by atoms with Gasteiger partial charge in [0, 0.05) is 13.1 Å². The van der Waals surface area contributed by atoms with E-state index in [1.807, 2.05) is 0 Å². The lowest BCUT2D eigenvalue weighted by atomic mass is 10.1. The number of aliphatic imine (C=N–C) groups is 2. The van der Waals surface area contributed by atoms with Crippen LogP contribution in [0.5, 0.6) is 0 Å². The predicted molar refractivity (Wildman–Crippen MR) is 124 cm³/mol. The summed E-state index contributed by atoms with van der Waals surface area (Å²) in [6, 6.07) is -4.71. The Bertz CT molecular complexity index is 752. The average Bonchev–Trinajstić information content (AvgIpc) is 2.76. The number of carbonyl (C=O) groups excluding carboxylic acids is 3. The van der Waals surface area contributed by atoms with Crippen molar-refractivity contribution < 1.29 is 29.4 Å². The molecule has 0 bridgehead atoms. The Morgan fingerprint density at radius 1 is 0.794 bits per heavy atom. The van der Waals surface area contributed by atoms with Gasteiger partial charge in [-0.25, -0.2) is 4.79 Å². The number of hydrogen-bond acceptors (Lipinski definition) is 8. The van der Waals surface area contributed by atoms with E-state index in [0.29, 0.717) is 12.8 Å². The van der Waals surface area contributed by atoms with Crippen LogP contribution in [-0.2, 0) is 19.2 Å². The van der Waals surface area contributed by atoms with Gasteiger partial charge in [-0.1, -0.05) is 0 Å². The molecule has 15 N–H and O–H groups in total. The van der Waals surface area contributed by atoms with E-state index in [4.69, 9.17) is 33.8 Å². The van der Waals surface area contributed by atoms with E-state index >= 15 is 0 Å². The zero-order chi connectivity index (χ0) is 26.3. The molecular formula is C18H36N10O6. The van der Waals surface area contributed by atoms with Gasteiger partial charge >= 0.3 is 5.97 Å². The molecule has 4 unspecified atom stereocenters. The second kappa shape index (κ2) is 16.0. The van der Waals surface area contributed by atoms with Gasteiger partial charge in [0.05, 0.1) is 6.61 Å². The zero-order valence-electron chi connectivity index (χ0n) is 19.1. The van der Waals surface area contributed by atoms with Crippen LogP contribution in [0.25, 0.3) is 0 Å². The van der Waals surface area contributed by atoms with E-state index in [9.17, 15) is 24.3 Å². The Morgan fingerprint density at radius 3 is 1.71 bits per heavy atom. The predicted octanol–water partition coefficient (Wildman–Crippen LogP) is -5.03. The summed E-state index contributed by atoms with van der Waals surface area (Å²) in [4.78, 5) is 56.1. The number of amides is 3. The molecule has 0 aromatic rings. The molecule has 4 atom stereocenters. The van der Waals surface area contributed by atoms with Gasteiger partial charge in [0.1, 0.15) is 24.2 Å². The van der Waals surface area contributed by atoms with Crippen molar-refractivity contribution in [3.63, 3.8) is 0 Å². The molecule has 0 aromatic heterocycles. The van der Waals surface area contributed by atoms with E-state index in [-0.39, 0.29) is 37.9 Å². The molecule has 194 valence electrons. The van der Waals surface area contributed by atoms with E-state index in [2.05, 4.69) is 25.9 Å². The van der Waals surface area contributed by atoms with Crippen LogP contribution in [-0.4, -0.2) is 89.7 Å². The third kappa shape index (κ3) is 13.0. The summed E-state index contributed by atoms with van der Waals surface area (Å²) in [7, 11) is 0. The molecule has 0 aromatic carbocycles. The highest BCUT2D eigenvalue weighted by molar-refractivity contribution is 5.93. The molecule has 0 saturated heterocycles. The van der Waals surface area contributed by atoms with E-state index in [0.717, 1.165) is 0 Å². The highest BCUT2D eigenvalue weighted by Crippen LogP contribution is 2.02. The monoisotopic (exact) mass is 488 g/mol. The second-order valence-corrected chi connectivity index (χ2v) is 7.38.